The summed E-state index contributed by atoms with van der Waals surface area (Å²) in [6.07, 6.45) is 0.888. The van der Waals surface area contributed by atoms with Crippen LogP contribution in [0.5, 0.6) is 0 Å². The Bertz CT molecular complexity index is 539. The molecule has 0 aliphatic carbocycles. The summed E-state index contributed by atoms with van der Waals surface area (Å²) in [4.78, 5) is 24.7. The lowest BCUT2D eigenvalue weighted by molar-refractivity contribution is -0.145. The topological polar surface area (TPSA) is 46.6 Å². The van der Waals surface area contributed by atoms with Crippen LogP contribution in [0.2, 0.25) is 0 Å². The Balaban J connectivity index is 2.34. The first kappa shape index (κ1) is 14.4. The van der Waals surface area contributed by atoms with Gasteiger partial charge in [0.1, 0.15) is 29.1 Å². The summed E-state index contributed by atoms with van der Waals surface area (Å²) in [6, 6.07) is -0.00430. The number of nitrogens with zero attached hydrogens (tertiary/aromatic N) is 1. The summed E-state index contributed by atoms with van der Waals surface area (Å²) in [5.41, 5.74) is -0.859. The molecule has 0 N–H and O–H groups in total. The quantitative estimate of drug-likeness (QED) is 0.780. The van der Waals surface area contributed by atoms with Gasteiger partial charge in [-0.1, -0.05) is 0 Å². The first-order valence-corrected chi connectivity index (χ1v) is 5.99. The van der Waals surface area contributed by atoms with Gasteiger partial charge in [0.05, 0.1) is 7.11 Å². The van der Waals surface area contributed by atoms with Crippen molar-refractivity contribution in [2.45, 2.75) is 18.9 Å². The van der Waals surface area contributed by atoms with Gasteiger partial charge in [-0.25, -0.2) is 18.0 Å². The van der Waals surface area contributed by atoms with Crippen LogP contribution < -0.4 is 0 Å². The van der Waals surface area contributed by atoms with Crippen LogP contribution in [-0.2, 0) is 9.53 Å². The minimum atomic E-state index is -1.29. The molecule has 4 nitrogen and oxygen atoms in total. The number of hydrogen-bond donors (Lipinski definition) is 0. The molecule has 1 fully saturated rings. The minimum Gasteiger partial charge on any atom is -0.467 e. The molecule has 2 rings (SSSR count). The summed E-state index contributed by atoms with van der Waals surface area (Å²) >= 11 is 0. The zero-order chi connectivity index (χ0) is 14.9. The van der Waals surface area contributed by atoms with E-state index in [0.29, 0.717) is 25.0 Å². The third-order valence-electron chi connectivity index (χ3n) is 3.21. The molecule has 1 aromatic carbocycles. The lowest BCUT2D eigenvalue weighted by Gasteiger charge is -2.23. The van der Waals surface area contributed by atoms with E-state index >= 15 is 0 Å². The van der Waals surface area contributed by atoms with Gasteiger partial charge in [0.25, 0.3) is 5.91 Å². The van der Waals surface area contributed by atoms with Gasteiger partial charge < -0.3 is 9.64 Å². The number of ether oxygens (including phenoxy) is 1. The molecule has 1 aromatic rings. The molecule has 108 valence electrons. The number of benzene rings is 1. The fraction of sp³-hybridized carbons (Fsp3) is 0.385. The fourth-order valence-electron chi connectivity index (χ4n) is 2.28. The van der Waals surface area contributed by atoms with E-state index in [2.05, 4.69) is 4.74 Å². The average Bonchev–Trinajstić information content (AvgIpc) is 2.85. The van der Waals surface area contributed by atoms with Crippen molar-refractivity contribution in [3.63, 3.8) is 0 Å². The SMILES string of the molecule is COC(=O)C1CCCN1C(=O)c1c(F)cc(F)cc1F. The van der Waals surface area contributed by atoms with Gasteiger partial charge in [-0.15, -0.1) is 0 Å². The summed E-state index contributed by atoms with van der Waals surface area (Å²) < 4.78 is 44.5. The van der Waals surface area contributed by atoms with Gasteiger partial charge >= 0.3 is 5.97 Å². The number of hydrogen-bond acceptors (Lipinski definition) is 3. The number of amides is 1. The van der Waals surface area contributed by atoms with E-state index in [0.717, 1.165) is 4.90 Å². The first-order valence-electron chi connectivity index (χ1n) is 5.99. The summed E-state index contributed by atoms with van der Waals surface area (Å²) in [6.45, 7) is 0.189. The minimum absolute atomic E-state index is 0.189. The monoisotopic (exact) mass is 287 g/mol. The van der Waals surface area contributed by atoms with Crippen molar-refractivity contribution < 1.29 is 27.5 Å². The highest BCUT2D eigenvalue weighted by atomic mass is 19.1. The fourth-order valence-corrected chi connectivity index (χ4v) is 2.28. The molecule has 0 bridgehead atoms. The van der Waals surface area contributed by atoms with Crippen molar-refractivity contribution in [1.82, 2.24) is 4.90 Å². The van der Waals surface area contributed by atoms with Gasteiger partial charge in [0.15, 0.2) is 0 Å². The van der Waals surface area contributed by atoms with Crippen LogP contribution in [0.3, 0.4) is 0 Å². The van der Waals surface area contributed by atoms with Gasteiger partial charge in [-0.2, -0.15) is 0 Å². The Labute approximate surface area is 113 Å². The number of carbonyl (C=O) groups is 2. The largest absolute Gasteiger partial charge is 0.467 e. The number of methoxy groups -OCH3 is 1. The molecular weight excluding hydrogens is 275 g/mol. The van der Waals surface area contributed by atoms with Crippen LogP contribution in [-0.4, -0.2) is 36.5 Å². The molecule has 1 saturated heterocycles. The third-order valence-corrected chi connectivity index (χ3v) is 3.21. The smallest absolute Gasteiger partial charge is 0.328 e. The van der Waals surface area contributed by atoms with Crippen LogP contribution in [0.4, 0.5) is 13.2 Å². The van der Waals surface area contributed by atoms with Crippen molar-refractivity contribution in [2.75, 3.05) is 13.7 Å². The molecule has 20 heavy (non-hydrogen) atoms. The van der Waals surface area contributed by atoms with Crippen LogP contribution in [0.25, 0.3) is 0 Å². The van der Waals surface area contributed by atoms with Crippen LogP contribution >= 0.6 is 0 Å². The second-order valence-corrected chi connectivity index (χ2v) is 4.42. The lowest BCUT2D eigenvalue weighted by atomic mass is 10.1. The number of halogens is 3. The maximum absolute atomic E-state index is 13.6. The summed E-state index contributed by atoms with van der Waals surface area (Å²) in [5.74, 6) is -5.31. The molecule has 1 aliphatic rings. The Morgan fingerprint density at radius 2 is 1.85 bits per heavy atom. The molecule has 1 amide bonds. The molecular formula is C13H12F3NO3. The summed E-state index contributed by atoms with van der Waals surface area (Å²) in [5, 5.41) is 0. The maximum Gasteiger partial charge on any atom is 0.328 e. The molecule has 1 unspecified atom stereocenters. The number of carbonyl (C=O) groups excluding carboxylic acids is 2. The molecule has 1 heterocycles. The highest BCUT2D eigenvalue weighted by Gasteiger charge is 2.37. The molecule has 0 spiro atoms. The third kappa shape index (κ3) is 2.48. The summed E-state index contributed by atoms with van der Waals surface area (Å²) in [7, 11) is 1.17. The van der Waals surface area contributed by atoms with E-state index < -0.39 is 40.9 Å². The Kier molecular flexibility index (Phi) is 3.96. The predicted molar refractivity (Wildman–Crippen MR) is 62.4 cm³/mol. The molecule has 1 aliphatic heterocycles. The zero-order valence-electron chi connectivity index (χ0n) is 10.7. The normalized spacial score (nSPS) is 18.2. The number of esters is 1. The predicted octanol–water partition coefficient (Wildman–Crippen LogP) is 1.88. The van der Waals surface area contributed by atoms with E-state index in [1.807, 2.05) is 0 Å². The molecule has 7 heteroatoms. The lowest BCUT2D eigenvalue weighted by Crippen LogP contribution is -2.41. The number of rotatable bonds is 2. The zero-order valence-corrected chi connectivity index (χ0v) is 10.7. The standard InChI is InChI=1S/C13H12F3NO3/c1-20-13(19)10-3-2-4-17(10)12(18)11-8(15)5-7(14)6-9(11)16/h5-6,10H,2-4H2,1H3. The molecule has 1 atom stereocenters. The van der Waals surface area contributed by atoms with Crippen LogP contribution in [0.1, 0.15) is 23.2 Å². The van der Waals surface area contributed by atoms with Gasteiger partial charge in [0, 0.05) is 18.7 Å². The number of likely N-dealkylation sites (tertiary alicyclic amines) is 1. The van der Waals surface area contributed by atoms with Crippen molar-refractivity contribution in [2.24, 2.45) is 0 Å². The van der Waals surface area contributed by atoms with Crippen LogP contribution in [0.15, 0.2) is 12.1 Å². The van der Waals surface area contributed by atoms with Crippen molar-refractivity contribution in [3.05, 3.63) is 35.1 Å². The van der Waals surface area contributed by atoms with Gasteiger partial charge in [-0.05, 0) is 12.8 Å². The van der Waals surface area contributed by atoms with Crippen molar-refractivity contribution >= 4 is 11.9 Å². The highest BCUT2D eigenvalue weighted by molar-refractivity contribution is 5.97. The average molecular weight is 287 g/mol. The van der Waals surface area contributed by atoms with Crippen LogP contribution in [0, 0.1) is 17.5 Å². The molecule has 0 aromatic heterocycles. The van der Waals surface area contributed by atoms with Gasteiger partial charge in [0.2, 0.25) is 0 Å². The second-order valence-electron chi connectivity index (χ2n) is 4.42. The van der Waals surface area contributed by atoms with E-state index in [4.69, 9.17) is 0 Å². The van der Waals surface area contributed by atoms with Crippen molar-refractivity contribution in [1.29, 1.82) is 0 Å². The van der Waals surface area contributed by atoms with Gasteiger partial charge in [-0.3, -0.25) is 4.79 Å². The second kappa shape index (κ2) is 5.52. The Morgan fingerprint density at radius 1 is 1.25 bits per heavy atom. The first-order chi connectivity index (χ1) is 9.45. The maximum atomic E-state index is 13.6. The Morgan fingerprint density at radius 3 is 2.40 bits per heavy atom. The van der Waals surface area contributed by atoms with E-state index in [9.17, 15) is 22.8 Å². The van der Waals surface area contributed by atoms with E-state index in [-0.39, 0.29) is 6.54 Å². The van der Waals surface area contributed by atoms with Crippen molar-refractivity contribution in [3.8, 4) is 0 Å². The van der Waals surface area contributed by atoms with E-state index in [1.54, 1.807) is 0 Å². The molecule has 0 radical (unpaired) electrons. The van der Waals surface area contributed by atoms with E-state index in [1.165, 1.54) is 7.11 Å². The Hall–Kier alpha value is -2.05. The highest BCUT2D eigenvalue weighted by Crippen LogP contribution is 2.24. The molecule has 0 saturated carbocycles.